The highest BCUT2D eigenvalue weighted by Crippen LogP contribution is 2.13. The van der Waals surface area contributed by atoms with E-state index < -0.39 is 6.04 Å². The fourth-order valence-electron chi connectivity index (χ4n) is 2.24. The van der Waals surface area contributed by atoms with E-state index >= 15 is 0 Å². The molecule has 0 radical (unpaired) electrons. The molecule has 4 nitrogen and oxygen atoms in total. The minimum absolute atomic E-state index is 0.141. The van der Waals surface area contributed by atoms with E-state index in [0.717, 1.165) is 11.1 Å². The van der Waals surface area contributed by atoms with Crippen molar-refractivity contribution in [2.75, 3.05) is 0 Å². The lowest BCUT2D eigenvalue weighted by Gasteiger charge is -2.26. The van der Waals surface area contributed by atoms with Crippen molar-refractivity contribution < 1.29 is 9.59 Å². The van der Waals surface area contributed by atoms with Gasteiger partial charge in [-0.05, 0) is 30.9 Å². The SMILES string of the molecule is Cc1cccc(C=C2NC(=O)[C@H](CC(C)C)NC2=O)c1. The minimum Gasteiger partial charge on any atom is -0.339 e. The highest BCUT2D eigenvalue weighted by Gasteiger charge is 2.29. The lowest BCUT2D eigenvalue weighted by molar-refractivity contribution is -0.131. The van der Waals surface area contributed by atoms with Crippen molar-refractivity contribution in [2.45, 2.75) is 33.2 Å². The van der Waals surface area contributed by atoms with Crippen molar-refractivity contribution in [3.63, 3.8) is 0 Å². The molecule has 0 aliphatic carbocycles. The fraction of sp³-hybridized carbons (Fsp3) is 0.375. The smallest absolute Gasteiger partial charge is 0.268 e. The first-order chi connectivity index (χ1) is 9.45. The molecule has 1 fully saturated rings. The Balaban J connectivity index is 2.16. The average Bonchev–Trinajstić information content (AvgIpc) is 2.35. The summed E-state index contributed by atoms with van der Waals surface area (Å²) < 4.78 is 0. The van der Waals surface area contributed by atoms with Crippen LogP contribution in [0, 0.1) is 12.8 Å². The van der Waals surface area contributed by atoms with Crippen LogP contribution in [0.15, 0.2) is 30.0 Å². The highest BCUT2D eigenvalue weighted by atomic mass is 16.2. The zero-order valence-corrected chi connectivity index (χ0v) is 12.1. The minimum atomic E-state index is -0.433. The number of hydrogen-bond donors (Lipinski definition) is 2. The van der Waals surface area contributed by atoms with Crippen LogP contribution < -0.4 is 10.6 Å². The predicted octanol–water partition coefficient (Wildman–Crippen LogP) is 2.00. The van der Waals surface area contributed by atoms with Crippen LogP contribution >= 0.6 is 0 Å². The molecule has 0 saturated carbocycles. The van der Waals surface area contributed by atoms with Gasteiger partial charge in [0, 0.05) is 0 Å². The van der Waals surface area contributed by atoms with Gasteiger partial charge in [-0.3, -0.25) is 9.59 Å². The molecular formula is C16H20N2O2. The molecule has 0 unspecified atom stereocenters. The van der Waals surface area contributed by atoms with Gasteiger partial charge in [0.25, 0.3) is 5.91 Å². The molecule has 106 valence electrons. The second kappa shape index (κ2) is 5.90. The molecular weight excluding hydrogens is 252 g/mol. The summed E-state index contributed by atoms with van der Waals surface area (Å²) in [5, 5.41) is 5.46. The quantitative estimate of drug-likeness (QED) is 0.827. The predicted molar refractivity (Wildman–Crippen MR) is 78.7 cm³/mol. The average molecular weight is 272 g/mol. The van der Waals surface area contributed by atoms with Gasteiger partial charge in [-0.15, -0.1) is 0 Å². The number of carbonyl (C=O) groups excluding carboxylic acids is 2. The number of rotatable bonds is 3. The molecule has 1 heterocycles. The Bertz CT molecular complexity index is 561. The number of benzene rings is 1. The molecule has 0 bridgehead atoms. The molecule has 1 aliphatic rings. The summed E-state index contributed by atoms with van der Waals surface area (Å²) in [5.74, 6) is -0.0117. The second-order valence-corrected chi connectivity index (χ2v) is 5.62. The molecule has 1 atom stereocenters. The number of hydrogen-bond acceptors (Lipinski definition) is 2. The van der Waals surface area contributed by atoms with Crippen molar-refractivity contribution in [2.24, 2.45) is 5.92 Å². The number of piperazine rings is 1. The Kier molecular flexibility index (Phi) is 4.23. The Labute approximate surface area is 119 Å². The van der Waals surface area contributed by atoms with Crippen LogP contribution in [-0.4, -0.2) is 17.9 Å². The number of amides is 2. The Morgan fingerprint density at radius 2 is 2.05 bits per heavy atom. The van der Waals surface area contributed by atoms with Gasteiger partial charge >= 0.3 is 0 Å². The highest BCUT2D eigenvalue weighted by molar-refractivity contribution is 6.07. The van der Waals surface area contributed by atoms with E-state index in [1.807, 2.05) is 45.0 Å². The third-order valence-electron chi connectivity index (χ3n) is 3.18. The van der Waals surface area contributed by atoms with Gasteiger partial charge in [0.15, 0.2) is 0 Å². The van der Waals surface area contributed by atoms with Crippen LogP contribution in [0.3, 0.4) is 0 Å². The van der Waals surface area contributed by atoms with E-state index in [0.29, 0.717) is 18.0 Å². The largest absolute Gasteiger partial charge is 0.339 e. The second-order valence-electron chi connectivity index (χ2n) is 5.62. The summed E-state index contributed by atoms with van der Waals surface area (Å²) in [4.78, 5) is 24.0. The van der Waals surface area contributed by atoms with Gasteiger partial charge in [0.2, 0.25) is 5.91 Å². The van der Waals surface area contributed by atoms with Gasteiger partial charge in [0.05, 0.1) is 0 Å². The number of carbonyl (C=O) groups is 2. The monoisotopic (exact) mass is 272 g/mol. The van der Waals surface area contributed by atoms with Gasteiger partial charge in [0.1, 0.15) is 11.7 Å². The maximum absolute atomic E-state index is 12.0. The summed E-state index contributed by atoms with van der Waals surface area (Å²) in [5.41, 5.74) is 2.32. The maximum Gasteiger partial charge on any atom is 0.268 e. The standard InChI is InChI=1S/C16H20N2O2/c1-10(2)7-13-15(19)18-14(16(20)17-13)9-12-6-4-5-11(3)8-12/h4-6,8-10,13H,7H2,1-3H3,(H,17,20)(H,18,19)/t13-/m0/s1. The van der Waals surface area contributed by atoms with Crippen LogP contribution in [0.1, 0.15) is 31.4 Å². The van der Waals surface area contributed by atoms with Gasteiger partial charge in [-0.1, -0.05) is 43.7 Å². The Hall–Kier alpha value is -2.10. The van der Waals surface area contributed by atoms with Gasteiger partial charge in [-0.2, -0.15) is 0 Å². The van der Waals surface area contributed by atoms with Crippen molar-refractivity contribution in [3.05, 3.63) is 41.1 Å². The molecule has 2 amide bonds. The molecule has 1 saturated heterocycles. The van der Waals surface area contributed by atoms with Crippen molar-refractivity contribution in [3.8, 4) is 0 Å². The van der Waals surface area contributed by atoms with Crippen LogP contribution in [0.5, 0.6) is 0 Å². The third kappa shape index (κ3) is 3.47. The summed E-state index contributed by atoms with van der Waals surface area (Å²) in [6, 6.07) is 7.34. The molecule has 1 aromatic carbocycles. The van der Waals surface area contributed by atoms with Crippen LogP contribution in [0.25, 0.3) is 6.08 Å². The molecule has 20 heavy (non-hydrogen) atoms. The van der Waals surface area contributed by atoms with E-state index in [4.69, 9.17) is 0 Å². The molecule has 0 spiro atoms. The lowest BCUT2D eigenvalue weighted by atomic mass is 10.0. The normalized spacial score (nSPS) is 21.0. The van der Waals surface area contributed by atoms with Gasteiger partial charge < -0.3 is 10.6 Å². The van der Waals surface area contributed by atoms with Crippen molar-refractivity contribution in [1.82, 2.24) is 10.6 Å². The molecule has 2 N–H and O–H groups in total. The third-order valence-corrected chi connectivity index (χ3v) is 3.18. The summed E-state index contributed by atoms with van der Waals surface area (Å²) in [6.07, 6.45) is 2.35. The summed E-state index contributed by atoms with van der Waals surface area (Å²) >= 11 is 0. The van der Waals surface area contributed by atoms with E-state index in [1.165, 1.54) is 0 Å². The number of nitrogens with one attached hydrogen (secondary N) is 2. The van der Waals surface area contributed by atoms with E-state index in [2.05, 4.69) is 10.6 Å². The molecule has 0 aromatic heterocycles. The van der Waals surface area contributed by atoms with Crippen molar-refractivity contribution in [1.29, 1.82) is 0 Å². The van der Waals surface area contributed by atoms with Crippen LogP contribution in [0.4, 0.5) is 0 Å². The van der Waals surface area contributed by atoms with Crippen LogP contribution in [-0.2, 0) is 9.59 Å². The first-order valence-electron chi connectivity index (χ1n) is 6.86. The maximum atomic E-state index is 12.0. The van der Waals surface area contributed by atoms with E-state index in [9.17, 15) is 9.59 Å². The molecule has 2 rings (SSSR count). The molecule has 1 aromatic rings. The Morgan fingerprint density at radius 3 is 2.70 bits per heavy atom. The zero-order valence-electron chi connectivity index (χ0n) is 12.1. The fourth-order valence-corrected chi connectivity index (χ4v) is 2.24. The lowest BCUT2D eigenvalue weighted by Crippen LogP contribution is -2.55. The van der Waals surface area contributed by atoms with E-state index in [1.54, 1.807) is 6.08 Å². The first-order valence-corrected chi connectivity index (χ1v) is 6.86. The topological polar surface area (TPSA) is 58.2 Å². The molecule has 4 heteroatoms. The van der Waals surface area contributed by atoms with Gasteiger partial charge in [-0.25, -0.2) is 0 Å². The summed E-state index contributed by atoms with van der Waals surface area (Å²) in [6.45, 7) is 6.04. The van der Waals surface area contributed by atoms with Crippen molar-refractivity contribution >= 4 is 17.9 Å². The number of aryl methyl sites for hydroxylation is 1. The van der Waals surface area contributed by atoms with E-state index in [-0.39, 0.29) is 11.8 Å². The Morgan fingerprint density at radius 1 is 1.30 bits per heavy atom. The summed E-state index contributed by atoms with van der Waals surface area (Å²) in [7, 11) is 0. The zero-order chi connectivity index (χ0) is 14.7. The van der Waals surface area contributed by atoms with Crippen LogP contribution in [0.2, 0.25) is 0 Å². The molecule has 1 aliphatic heterocycles. The first kappa shape index (κ1) is 14.3.